The lowest BCUT2D eigenvalue weighted by Gasteiger charge is -2.17. The van der Waals surface area contributed by atoms with Gasteiger partial charge in [-0.3, -0.25) is 4.79 Å². The first-order valence-corrected chi connectivity index (χ1v) is 7.73. The lowest BCUT2D eigenvalue weighted by Crippen LogP contribution is -2.25. The second-order valence-corrected chi connectivity index (χ2v) is 5.14. The van der Waals surface area contributed by atoms with Crippen LogP contribution in [0.3, 0.4) is 0 Å². The molecule has 0 aromatic carbocycles. The number of aliphatic hydroxyl groups excluding tert-OH is 1. The van der Waals surface area contributed by atoms with Crippen LogP contribution in [0.5, 0.6) is 0 Å². The van der Waals surface area contributed by atoms with Gasteiger partial charge in [-0.2, -0.15) is 0 Å². The molecule has 0 rings (SSSR count). The highest BCUT2D eigenvalue weighted by molar-refractivity contribution is 8.13. The molecule has 0 aliphatic carbocycles. The monoisotopic (exact) mass is 301 g/mol. The molecule has 0 bridgehead atoms. The van der Waals surface area contributed by atoms with E-state index in [1.807, 2.05) is 14.0 Å². The van der Waals surface area contributed by atoms with Crippen LogP contribution in [0.25, 0.3) is 0 Å². The van der Waals surface area contributed by atoms with E-state index in [1.165, 1.54) is 17.8 Å². The maximum atomic E-state index is 11.7. The van der Waals surface area contributed by atoms with Crippen molar-refractivity contribution < 1.29 is 14.7 Å². The summed E-state index contributed by atoms with van der Waals surface area (Å²) in [6.07, 6.45) is 5.40. The van der Waals surface area contributed by atoms with Crippen molar-refractivity contribution in [3.05, 3.63) is 25.3 Å². The average molecular weight is 301 g/mol. The number of rotatable bonds is 10. The number of thioether (sulfide) groups is 1. The highest BCUT2D eigenvalue weighted by Gasteiger charge is 2.23. The van der Waals surface area contributed by atoms with Crippen molar-refractivity contribution in [1.29, 1.82) is 0 Å². The third kappa shape index (κ3) is 12.1. The summed E-state index contributed by atoms with van der Waals surface area (Å²) in [5.74, 6) is 0.246. The molecule has 0 saturated heterocycles. The Morgan fingerprint density at radius 1 is 1.45 bits per heavy atom. The Morgan fingerprint density at radius 2 is 2.05 bits per heavy atom. The van der Waals surface area contributed by atoms with Gasteiger partial charge in [0, 0.05) is 18.7 Å². The number of allylic oxidation sites excluding steroid dienone is 1. The van der Waals surface area contributed by atoms with Crippen molar-refractivity contribution in [2.24, 2.45) is 5.92 Å². The molecule has 0 aliphatic heterocycles. The van der Waals surface area contributed by atoms with Crippen LogP contribution in [0.1, 0.15) is 26.2 Å². The van der Waals surface area contributed by atoms with E-state index in [0.29, 0.717) is 25.0 Å². The van der Waals surface area contributed by atoms with E-state index in [1.54, 1.807) is 6.08 Å². The molecule has 4 nitrogen and oxygen atoms in total. The summed E-state index contributed by atoms with van der Waals surface area (Å²) in [5.41, 5.74) is 0. The fraction of sp³-hybridized carbons (Fsp3) is 0.600. The zero-order valence-corrected chi connectivity index (χ0v) is 13.3. The Bertz CT molecular complexity index is 282. The van der Waals surface area contributed by atoms with Gasteiger partial charge >= 0.3 is 0 Å². The van der Waals surface area contributed by atoms with E-state index in [-0.39, 0.29) is 5.12 Å². The zero-order valence-electron chi connectivity index (χ0n) is 12.5. The Morgan fingerprint density at radius 3 is 2.45 bits per heavy atom. The second kappa shape index (κ2) is 16.1. The van der Waals surface area contributed by atoms with Crippen molar-refractivity contribution in [2.45, 2.75) is 32.3 Å². The van der Waals surface area contributed by atoms with E-state index in [4.69, 9.17) is 0 Å². The van der Waals surface area contributed by atoms with Gasteiger partial charge in [-0.15, -0.1) is 13.2 Å². The molecule has 2 N–H and O–H groups in total. The van der Waals surface area contributed by atoms with Crippen molar-refractivity contribution in [2.75, 3.05) is 19.3 Å². The van der Waals surface area contributed by atoms with E-state index in [0.717, 1.165) is 12.8 Å². The van der Waals surface area contributed by atoms with Crippen molar-refractivity contribution in [3.8, 4) is 0 Å². The Balaban J connectivity index is 0. The van der Waals surface area contributed by atoms with Crippen LogP contribution in [-0.4, -0.2) is 42.0 Å². The topological polar surface area (TPSA) is 66.4 Å². The molecule has 0 amide bonds. The number of carbonyl (C=O) groups is 2. The number of hydrogen-bond acceptors (Lipinski definition) is 5. The molecule has 0 saturated carbocycles. The van der Waals surface area contributed by atoms with Crippen LogP contribution in [-0.2, 0) is 9.59 Å². The van der Waals surface area contributed by atoms with Crippen molar-refractivity contribution >= 4 is 23.2 Å². The second-order valence-electron chi connectivity index (χ2n) is 4.04. The van der Waals surface area contributed by atoms with Gasteiger partial charge in [0.2, 0.25) is 0 Å². The first kappa shape index (κ1) is 21.4. The summed E-state index contributed by atoms with van der Waals surface area (Å²) in [6.45, 7) is 9.79. The zero-order chi connectivity index (χ0) is 15.8. The van der Waals surface area contributed by atoms with Gasteiger partial charge in [0.1, 0.15) is 6.29 Å². The Kier molecular flexibility index (Phi) is 17.3. The average Bonchev–Trinajstić information content (AvgIpc) is 2.46. The smallest absolute Gasteiger partial charge is 0.198 e. The molecule has 0 aromatic heterocycles. The first-order valence-electron chi connectivity index (χ1n) is 6.75. The Hall–Kier alpha value is -0.910. The van der Waals surface area contributed by atoms with Gasteiger partial charge in [0.15, 0.2) is 5.12 Å². The summed E-state index contributed by atoms with van der Waals surface area (Å²) in [4.78, 5) is 20.9. The molecular weight excluding hydrogens is 274 g/mol. The predicted molar refractivity (Wildman–Crippen MR) is 86.9 cm³/mol. The standard InChI is InChI=1S/C12H21NO2S.C3H6O/c1-4-6-7-11(14)10(5-2)12(15)16-9-8-13-3;1-2-3-4/h4-5,10-11,13-14H,1-2,6-9H2,3H3;3H,2H2,1H3/t10-,11+;/m0./s1. The summed E-state index contributed by atoms with van der Waals surface area (Å²) in [5, 5.41) is 12.8. The third-order valence-corrected chi connectivity index (χ3v) is 3.34. The maximum Gasteiger partial charge on any atom is 0.198 e. The quantitative estimate of drug-likeness (QED) is 0.368. The van der Waals surface area contributed by atoms with E-state index in [2.05, 4.69) is 18.5 Å². The highest BCUT2D eigenvalue weighted by atomic mass is 32.2. The third-order valence-electron chi connectivity index (χ3n) is 2.37. The minimum Gasteiger partial charge on any atom is -0.392 e. The SMILES string of the molecule is C=CCC[C@@H](O)[C@H](C=C)C(=O)SCCNC.CCC=O. The highest BCUT2D eigenvalue weighted by Crippen LogP contribution is 2.19. The summed E-state index contributed by atoms with van der Waals surface area (Å²) >= 11 is 1.24. The number of nitrogens with one attached hydrogen (secondary N) is 1. The number of carbonyl (C=O) groups excluding carboxylic acids is 2. The van der Waals surface area contributed by atoms with Crippen LogP contribution in [0.15, 0.2) is 25.3 Å². The molecule has 5 heteroatoms. The van der Waals surface area contributed by atoms with E-state index in [9.17, 15) is 14.7 Å². The molecule has 2 atom stereocenters. The number of hydrogen-bond donors (Lipinski definition) is 2. The normalized spacial score (nSPS) is 12.6. The van der Waals surface area contributed by atoms with Gasteiger partial charge in [0.25, 0.3) is 0 Å². The van der Waals surface area contributed by atoms with Crippen LogP contribution in [0.4, 0.5) is 0 Å². The molecule has 0 fully saturated rings. The van der Waals surface area contributed by atoms with Crippen LogP contribution in [0.2, 0.25) is 0 Å². The number of aliphatic hydroxyl groups is 1. The summed E-state index contributed by atoms with van der Waals surface area (Å²) < 4.78 is 0. The maximum absolute atomic E-state index is 11.7. The summed E-state index contributed by atoms with van der Waals surface area (Å²) in [7, 11) is 1.84. The van der Waals surface area contributed by atoms with Gasteiger partial charge in [-0.1, -0.05) is 30.8 Å². The first-order chi connectivity index (χ1) is 9.58. The summed E-state index contributed by atoms with van der Waals surface area (Å²) in [6, 6.07) is 0. The molecule has 0 spiro atoms. The Labute approximate surface area is 126 Å². The van der Waals surface area contributed by atoms with E-state index < -0.39 is 12.0 Å². The fourth-order valence-corrected chi connectivity index (χ4v) is 2.18. The van der Waals surface area contributed by atoms with Crippen molar-refractivity contribution in [3.63, 3.8) is 0 Å². The molecular formula is C15H27NO3S. The minimum absolute atomic E-state index is 0.0122. The molecule has 0 unspecified atom stereocenters. The fourth-order valence-electron chi connectivity index (χ4n) is 1.23. The van der Waals surface area contributed by atoms with Gasteiger partial charge in [-0.05, 0) is 19.9 Å². The molecule has 0 aliphatic rings. The van der Waals surface area contributed by atoms with Gasteiger partial charge < -0.3 is 15.2 Å². The molecule has 0 aromatic rings. The van der Waals surface area contributed by atoms with Gasteiger partial charge in [0.05, 0.1) is 12.0 Å². The lowest BCUT2D eigenvalue weighted by molar-refractivity contribution is -0.115. The number of aldehydes is 1. The van der Waals surface area contributed by atoms with Crippen LogP contribution >= 0.6 is 11.8 Å². The van der Waals surface area contributed by atoms with Gasteiger partial charge in [-0.25, -0.2) is 0 Å². The van der Waals surface area contributed by atoms with Crippen LogP contribution < -0.4 is 5.32 Å². The van der Waals surface area contributed by atoms with Crippen molar-refractivity contribution in [1.82, 2.24) is 5.32 Å². The lowest BCUT2D eigenvalue weighted by atomic mass is 10.00. The predicted octanol–water partition coefficient (Wildman–Crippen LogP) is 2.19. The molecule has 116 valence electrons. The largest absolute Gasteiger partial charge is 0.392 e. The van der Waals surface area contributed by atoms with Crippen LogP contribution in [0, 0.1) is 5.92 Å². The molecule has 0 heterocycles. The minimum atomic E-state index is -0.648. The van der Waals surface area contributed by atoms with E-state index >= 15 is 0 Å². The molecule has 0 radical (unpaired) electrons. The molecule has 20 heavy (non-hydrogen) atoms.